The van der Waals surface area contributed by atoms with Gasteiger partial charge in [0, 0.05) is 20.6 Å². The second kappa shape index (κ2) is 6.58. The maximum absolute atomic E-state index is 12.4. The summed E-state index contributed by atoms with van der Waals surface area (Å²) in [5.74, 6) is -0.363. The second-order valence-corrected chi connectivity index (χ2v) is 5.92. The lowest BCUT2D eigenvalue weighted by molar-refractivity contribution is 0.102. The lowest BCUT2D eigenvalue weighted by atomic mass is 10.2. The van der Waals surface area contributed by atoms with Gasteiger partial charge in [-0.3, -0.25) is 4.79 Å². The highest BCUT2D eigenvalue weighted by molar-refractivity contribution is 6.35. The molecule has 1 amide bonds. The predicted molar refractivity (Wildman–Crippen MR) is 90.8 cm³/mol. The van der Waals surface area contributed by atoms with Crippen molar-refractivity contribution in [3.63, 3.8) is 0 Å². The van der Waals surface area contributed by atoms with Crippen LogP contribution in [0.15, 0.2) is 49.1 Å². The summed E-state index contributed by atoms with van der Waals surface area (Å²) >= 11 is 17.9. The highest BCUT2D eigenvalue weighted by Gasteiger charge is 2.13. The molecule has 0 atom stereocenters. The Morgan fingerprint density at radius 3 is 2.39 bits per heavy atom. The van der Waals surface area contributed by atoms with E-state index in [9.17, 15) is 4.79 Å². The fraction of sp³-hybridized carbons (Fsp3) is 0. The number of carbonyl (C=O) groups is 1. The molecule has 1 N–H and O–H groups in total. The average molecular weight is 368 g/mol. The van der Waals surface area contributed by atoms with Gasteiger partial charge in [-0.2, -0.15) is 5.10 Å². The standard InChI is InChI=1S/C15H9Cl3N4O/c16-10-1-2-14(22-8-19-7-20-22)13(6-10)21-15(23)9-3-11(17)5-12(18)4-9/h1-8H,(H,21,23). The predicted octanol–water partition coefficient (Wildman–Crippen LogP) is 4.48. The van der Waals surface area contributed by atoms with E-state index in [2.05, 4.69) is 15.4 Å². The Bertz CT molecular complexity index is 845. The fourth-order valence-corrected chi connectivity index (χ4v) is 2.72. The summed E-state index contributed by atoms with van der Waals surface area (Å²) in [4.78, 5) is 16.3. The molecule has 0 unspecified atom stereocenters. The Kier molecular flexibility index (Phi) is 4.52. The first kappa shape index (κ1) is 15.8. The molecule has 0 radical (unpaired) electrons. The van der Waals surface area contributed by atoms with Crippen molar-refractivity contribution >= 4 is 46.4 Å². The SMILES string of the molecule is O=C(Nc1cc(Cl)ccc1-n1cncn1)c1cc(Cl)cc(Cl)c1. The molecule has 23 heavy (non-hydrogen) atoms. The molecule has 8 heteroatoms. The minimum Gasteiger partial charge on any atom is -0.320 e. The Hall–Kier alpha value is -2.08. The number of amides is 1. The van der Waals surface area contributed by atoms with E-state index in [1.807, 2.05) is 0 Å². The van der Waals surface area contributed by atoms with Gasteiger partial charge in [0.2, 0.25) is 0 Å². The molecule has 3 rings (SSSR count). The maximum atomic E-state index is 12.4. The monoisotopic (exact) mass is 366 g/mol. The van der Waals surface area contributed by atoms with Gasteiger partial charge in [0.1, 0.15) is 12.7 Å². The second-order valence-electron chi connectivity index (χ2n) is 4.61. The molecule has 0 aliphatic heterocycles. The Labute approximate surface area is 146 Å². The van der Waals surface area contributed by atoms with Crippen molar-refractivity contribution in [1.29, 1.82) is 0 Å². The van der Waals surface area contributed by atoms with Crippen molar-refractivity contribution < 1.29 is 4.79 Å². The number of hydrogen-bond donors (Lipinski definition) is 1. The first-order valence-corrected chi connectivity index (χ1v) is 7.58. The molecule has 5 nitrogen and oxygen atoms in total. The Morgan fingerprint density at radius 2 is 1.74 bits per heavy atom. The minimum atomic E-state index is -0.363. The van der Waals surface area contributed by atoms with E-state index < -0.39 is 0 Å². The van der Waals surface area contributed by atoms with Crippen LogP contribution in [0.1, 0.15) is 10.4 Å². The van der Waals surface area contributed by atoms with Gasteiger partial charge in [0.25, 0.3) is 5.91 Å². The van der Waals surface area contributed by atoms with Crippen LogP contribution in [0.2, 0.25) is 15.1 Å². The molecule has 1 heterocycles. The van der Waals surface area contributed by atoms with Gasteiger partial charge in [-0.15, -0.1) is 0 Å². The number of rotatable bonds is 3. The number of nitrogens with zero attached hydrogens (tertiary/aromatic N) is 3. The third-order valence-corrected chi connectivity index (χ3v) is 3.67. The molecule has 0 saturated heterocycles. The Morgan fingerprint density at radius 1 is 1.00 bits per heavy atom. The number of hydrogen-bond acceptors (Lipinski definition) is 3. The number of aromatic nitrogens is 3. The summed E-state index contributed by atoms with van der Waals surface area (Å²) in [5.41, 5.74) is 1.46. The molecule has 2 aromatic carbocycles. The van der Waals surface area contributed by atoms with Gasteiger partial charge in [0.05, 0.1) is 11.4 Å². The smallest absolute Gasteiger partial charge is 0.255 e. The summed E-state index contributed by atoms with van der Waals surface area (Å²) in [6.07, 6.45) is 2.92. The number of carbonyl (C=O) groups excluding carboxylic acids is 1. The molecule has 0 spiro atoms. The van der Waals surface area contributed by atoms with Crippen LogP contribution in [-0.2, 0) is 0 Å². The van der Waals surface area contributed by atoms with Crippen LogP contribution >= 0.6 is 34.8 Å². The van der Waals surface area contributed by atoms with E-state index in [0.29, 0.717) is 32.0 Å². The fourth-order valence-electron chi connectivity index (χ4n) is 2.02. The molecule has 0 aliphatic rings. The number of nitrogens with one attached hydrogen (secondary N) is 1. The van der Waals surface area contributed by atoms with E-state index in [-0.39, 0.29) is 5.91 Å². The minimum absolute atomic E-state index is 0.340. The lowest BCUT2D eigenvalue weighted by Crippen LogP contribution is -2.14. The molecule has 0 bridgehead atoms. The molecular formula is C15H9Cl3N4O. The highest BCUT2D eigenvalue weighted by atomic mass is 35.5. The van der Waals surface area contributed by atoms with Crippen molar-refractivity contribution in [3.05, 3.63) is 69.7 Å². The topological polar surface area (TPSA) is 59.8 Å². The van der Waals surface area contributed by atoms with E-state index in [4.69, 9.17) is 34.8 Å². The summed E-state index contributed by atoms with van der Waals surface area (Å²) in [6, 6.07) is 9.68. The van der Waals surface area contributed by atoms with Crippen LogP contribution in [-0.4, -0.2) is 20.7 Å². The van der Waals surface area contributed by atoms with Crippen LogP contribution in [0.4, 0.5) is 5.69 Å². The number of halogens is 3. The normalized spacial score (nSPS) is 10.6. The quantitative estimate of drug-likeness (QED) is 0.742. The summed E-state index contributed by atoms with van der Waals surface area (Å²) < 4.78 is 1.52. The van der Waals surface area contributed by atoms with Crippen molar-refractivity contribution in [2.24, 2.45) is 0 Å². The average Bonchev–Trinajstić information content (AvgIpc) is 3.00. The molecule has 0 fully saturated rings. The molecule has 0 saturated carbocycles. The van der Waals surface area contributed by atoms with Crippen LogP contribution < -0.4 is 5.32 Å². The largest absolute Gasteiger partial charge is 0.320 e. The van der Waals surface area contributed by atoms with E-state index in [1.165, 1.54) is 29.5 Å². The first-order chi connectivity index (χ1) is 11.0. The van der Waals surface area contributed by atoms with Gasteiger partial charge >= 0.3 is 0 Å². The van der Waals surface area contributed by atoms with Gasteiger partial charge in [0.15, 0.2) is 0 Å². The summed E-state index contributed by atoms with van der Waals surface area (Å²) in [6.45, 7) is 0. The molecule has 1 aromatic heterocycles. The van der Waals surface area contributed by atoms with Crippen molar-refractivity contribution in [3.8, 4) is 5.69 Å². The zero-order chi connectivity index (χ0) is 16.4. The highest BCUT2D eigenvalue weighted by Crippen LogP contribution is 2.25. The van der Waals surface area contributed by atoms with Crippen LogP contribution in [0.25, 0.3) is 5.69 Å². The van der Waals surface area contributed by atoms with E-state index in [1.54, 1.807) is 24.3 Å². The van der Waals surface area contributed by atoms with E-state index in [0.717, 1.165) is 0 Å². The summed E-state index contributed by atoms with van der Waals surface area (Å²) in [5, 5.41) is 8.07. The van der Waals surface area contributed by atoms with Crippen LogP contribution in [0.3, 0.4) is 0 Å². The van der Waals surface area contributed by atoms with Crippen LogP contribution in [0, 0.1) is 0 Å². The Balaban J connectivity index is 1.96. The maximum Gasteiger partial charge on any atom is 0.255 e. The molecule has 3 aromatic rings. The third-order valence-electron chi connectivity index (χ3n) is 3.00. The van der Waals surface area contributed by atoms with Gasteiger partial charge < -0.3 is 5.32 Å². The summed E-state index contributed by atoms with van der Waals surface area (Å²) in [7, 11) is 0. The van der Waals surface area contributed by atoms with Crippen molar-refractivity contribution in [1.82, 2.24) is 14.8 Å². The number of anilines is 1. The van der Waals surface area contributed by atoms with Gasteiger partial charge in [-0.05, 0) is 36.4 Å². The number of benzene rings is 2. The zero-order valence-electron chi connectivity index (χ0n) is 11.5. The van der Waals surface area contributed by atoms with Crippen molar-refractivity contribution in [2.45, 2.75) is 0 Å². The molecule has 116 valence electrons. The van der Waals surface area contributed by atoms with Crippen molar-refractivity contribution in [2.75, 3.05) is 5.32 Å². The van der Waals surface area contributed by atoms with Gasteiger partial charge in [-0.1, -0.05) is 34.8 Å². The zero-order valence-corrected chi connectivity index (χ0v) is 13.8. The third kappa shape index (κ3) is 3.64. The first-order valence-electron chi connectivity index (χ1n) is 6.45. The van der Waals surface area contributed by atoms with Gasteiger partial charge in [-0.25, -0.2) is 9.67 Å². The molecule has 0 aliphatic carbocycles. The van der Waals surface area contributed by atoms with E-state index >= 15 is 0 Å². The molecular weight excluding hydrogens is 359 g/mol. The van der Waals surface area contributed by atoms with Crippen LogP contribution in [0.5, 0.6) is 0 Å². The lowest BCUT2D eigenvalue weighted by Gasteiger charge is -2.11.